The lowest BCUT2D eigenvalue weighted by Crippen LogP contribution is -2.43. The molecule has 194 valence electrons. The lowest BCUT2D eigenvalue weighted by atomic mass is 10.0. The van der Waals surface area contributed by atoms with Crippen LogP contribution in [0.2, 0.25) is 16.6 Å². The first-order valence-corrected chi connectivity index (χ1v) is 14.6. The first-order valence-electron chi connectivity index (χ1n) is 11.0. The van der Waals surface area contributed by atoms with Crippen LogP contribution in [0.4, 0.5) is 17.6 Å². The van der Waals surface area contributed by atoms with Crippen molar-refractivity contribution >= 4 is 29.0 Å². The third-order valence-electron chi connectivity index (χ3n) is 6.06. The molecule has 0 atom stereocenters. The minimum absolute atomic E-state index is 0.0319. The van der Waals surface area contributed by atoms with E-state index in [9.17, 15) is 26.0 Å². The van der Waals surface area contributed by atoms with Gasteiger partial charge in [0.1, 0.15) is 19.6 Å². The van der Waals surface area contributed by atoms with Gasteiger partial charge in [-0.15, -0.1) is 5.54 Å². The van der Waals surface area contributed by atoms with E-state index in [-0.39, 0.29) is 45.5 Å². The van der Waals surface area contributed by atoms with Gasteiger partial charge in [-0.1, -0.05) is 47.5 Å². The molecule has 5 nitrogen and oxygen atoms in total. The molecule has 0 radical (unpaired) electrons. The van der Waals surface area contributed by atoms with Crippen LogP contribution >= 0.6 is 0 Å². The average Bonchev–Trinajstić information content (AvgIpc) is 2.70. The Morgan fingerprint density at radius 3 is 2.03 bits per heavy atom. The SMILES string of the molecule is COCOc1cc(OS(=O)(=O)C(F)(F)F)c2c(C#C[Si](C(C)C)(C(C)C)C(C)C)cc(F)cc2c1. The number of alkyl halides is 3. The molecule has 0 N–H and O–H groups in total. The smallest absolute Gasteiger partial charge is 0.467 e. The van der Waals surface area contributed by atoms with E-state index in [1.165, 1.54) is 13.2 Å². The predicted molar refractivity (Wildman–Crippen MR) is 130 cm³/mol. The van der Waals surface area contributed by atoms with Gasteiger partial charge in [0, 0.05) is 24.1 Å². The Kier molecular flexibility index (Phi) is 8.90. The van der Waals surface area contributed by atoms with Crippen LogP contribution in [0, 0.1) is 17.3 Å². The summed E-state index contributed by atoms with van der Waals surface area (Å²) in [5, 5.41) is 0.0110. The maximum absolute atomic E-state index is 14.6. The zero-order chi connectivity index (χ0) is 26.8. The van der Waals surface area contributed by atoms with E-state index in [4.69, 9.17) is 9.47 Å². The standard InChI is InChI=1S/C24H30F4O5SSi/c1-15(2)35(16(3)4,17(5)6)9-8-18-10-20(25)11-19-12-21(32-14-31-7)13-22(23(18)19)33-34(29,30)24(26,27)28/h10-13,15-17H,14H2,1-7H3. The predicted octanol–water partition coefficient (Wildman–Crippen LogP) is 6.76. The second-order valence-corrected chi connectivity index (χ2v) is 16.3. The summed E-state index contributed by atoms with van der Waals surface area (Å²) >= 11 is 0. The Morgan fingerprint density at radius 1 is 0.971 bits per heavy atom. The maximum atomic E-state index is 14.6. The summed E-state index contributed by atoms with van der Waals surface area (Å²) in [5.74, 6) is 1.57. The molecule has 35 heavy (non-hydrogen) atoms. The molecular formula is C24H30F4O5SSi. The second kappa shape index (κ2) is 10.8. The summed E-state index contributed by atoms with van der Waals surface area (Å²) in [6.07, 6.45) is 0. The van der Waals surface area contributed by atoms with E-state index < -0.39 is 35.3 Å². The molecule has 0 saturated carbocycles. The molecule has 0 heterocycles. The summed E-state index contributed by atoms with van der Waals surface area (Å²) in [4.78, 5) is 0. The number of benzene rings is 2. The molecule has 0 aromatic heterocycles. The van der Waals surface area contributed by atoms with E-state index >= 15 is 0 Å². The highest BCUT2D eigenvalue weighted by Gasteiger charge is 2.49. The summed E-state index contributed by atoms with van der Waals surface area (Å²) in [6.45, 7) is 12.2. The number of ether oxygens (including phenoxy) is 2. The van der Waals surface area contributed by atoms with E-state index in [1.807, 2.05) is 0 Å². The fourth-order valence-electron chi connectivity index (χ4n) is 4.56. The van der Waals surface area contributed by atoms with Gasteiger partial charge in [-0.05, 0) is 40.2 Å². The monoisotopic (exact) mass is 534 g/mol. The molecule has 0 bridgehead atoms. The van der Waals surface area contributed by atoms with Crippen LogP contribution in [0.5, 0.6) is 11.5 Å². The molecule has 2 aromatic carbocycles. The molecule has 0 unspecified atom stereocenters. The molecule has 2 aromatic rings. The minimum atomic E-state index is -6.01. The van der Waals surface area contributed by atoms with Gasteiger partial charge in [-0.3, -0.25) is 0 Å². The maximum Gasteiger partial charge on any atom is 0.534 e. The molecule has 0 fully saturated rings. The van der Waals surface area contributed by atoms with E-state index in [1.54, 1.807) is 0 Å². The van der Waals surface area contributed by atoms with E-state index in [0.717, 1.165) is 18.2 Å². The quantitative estimate of drug-likeness (QED) is 0.0935. The summed E-state index contributed by atoms with van der Waals surface area (Å²) in [5.41, 5.74) is -1.53. The van der Waals surface area contributed by atoms with Gasteiger partial charge in [0.2, 0.25) is 0 Å². The molecule has 0 aliphatic carbocycles. The summed E-state index contributed by atoms with van der Waals surface area (Å²) < 4.78 is 92.1. The number of rotatable bonds is 8. The van der Waals surface area contributed by atoms with Gasteiger partial charge >= 0.3 is 15.6 Å². The van der Waals surface area contributed by atoms with Crippen molar-refractivity contribution in [3.05, 3.63) is 35.6 Å². The number of methoxy groups -OCH3 is 1. The highest BCUT2D eigenvalue weighted by atomic mass is 32.2. The third-order valence-corrected chi connectivity index (χ3v) is 13.3. The van der Waals surface area contributed by atoms with Crippen molar-refractivity contribution in [3.8, 4) is 23.0 Å². The molecule has 0 aliphatic heterocycles. The zero-order valence-corrected chi connectivity index (χ0v) is 22.5. The second-order valence-electron chi connectivity index (χ2n) is 9.15. The van der Waals surface area contributed by atoms with Crippen molar-refractivity contribution in [2.24, 2.45) is 0 Å². The van der Waals surface area contributed by atoms with Crippen LogP contribution in [0.3, 0.4) is 0 Å². The number of hydrogen-bond acceptors (Lipinski definition) is 5. The Labute approximate surface area is 204 Å². The lowest BCUT2D eigenvalue weighted by molar-refractivity contribution is -0.0499. The number of hydrogen-bond donors (Lipinski definition) is 0. The molecule has 11 heteroatoms. The van der Waals surface area contributed by atoms with Gasteiger partial charge < -0.3 is 13.7 Å². The van der Waals surface area contributed by atoms with E-state index in [0.29, 0.717) is 0 Å². The van der Waals surface area contributed by atoms with Crippen LogP contribution in [0.15, 0.2) is 24.3 Å². The fraction of sp³-hybridized carbons (Fsp3) is 0.500. The topological polar surface area (TPSA) is 61.8 Å². The van der Waals surface area contributed by atoms with E-state index in [2.05, 4.69) is 57.2 Å². The molecule has 0 amide bonds. The minimum Gasteiger partial charge on any atom is -0.467 e. The molecular weight excluding hydrogens is 504 g/mol. The van der Waals surface area contributed by atoms with Crippen molar-refractivity contribution in [2.45, 2.75) is 63.7 Å². The summed E-state index contributed by atoms with van der Waals surface area (Å²) in [6, 6.07) is 4.46. The van der Waals surface area contributed by atoms with Gasteiger partial charge in [0.15, 0.2) is 12.5 Å². The van der Waals surface area contributed by atoms with Gasteiger partial charge in [-0.2, -0.15) is 21.6 Å². The van der Waals surface area contributed by atoms with Crippen LogP contribution in [-0.4, -0.2) is 35.9 Å². The van der Waals surface area contributed by atoms with Crippen molar-refractivity contribution < 1.29 is 39.6 Å². The molecule has 0 spiro atoms. The highest BCUT2D eigenvalue weighted by Crippen LogP contribution is 2.42. The van der Waals surface area contributed by atoms with Crippen LogP contribution in [0.1, 0.15) is 47.1 Å². The summed E-state index contributed by atoms with van der Waals surface area (Å²) in [7, 11) is -6.98. The fourth-order valence-corrected chi connectivity index (χ4v) is 10.2. The van der Waals surface area contributed by atoms with Crippen LogP contribution in [0.25, 0.3) is 10.8 Å². The first kappa shape index (κ1) is 28.9. The zero-order valence-electron chi connectivity index (χ0n) is 20.7. The Bertz CT molecular complexity index is 1210. The van der Waals surface area contributed by atoms with Crippen molar-refractivity contribution in [1.82, 2.24) is 0 Å². The van der Waals surface area contributed by atoms with Crippen molar-refractivity contribution in [1.29, 1.82) is 0 Å². The number of fused-ring (bicyclic) bond motifs is 1. The lowest BCUT2D eigenvalue weighted by Gasteiger charge is -2.38. The van der Waals surface area contributed by atoms with Gasteiger partial charge in [0.25, 0.3) is 0 Å². The molecule has 0 saturated heterocycles. The normalized spacial score (nSPS) is 12.9. The van der Waals surface area contributed by atoms with Gasteiger partial charge in [0.05, 0.1) is 0 Å². The molecule has 0 aliphatic rings. The van der Waals surface area contributed by atoms with Crippen LogP contribution in [-0.2, 0) is 14.9 Å². The first-order chi connectivity index (χ1) is 16.1. The largest absolute Gasteiger partial charge is 0.534 e. The average molecular weight is 535 g/mol. The van der Waals surface area contributed by atoms with Crippen molar-refractivity contribution in [2.75, 3.05) is 13.9 Å². The third kappa shape index (κ3) is 6.10. The Balaban J connectivity index is 2.90. The highest BCUT2D eigenvalue weighted by molar-refractivity contribution is 7.88. The Hall–Kier alpha value is -2.29. The Morgan fingerprint density at radius 2 is 1.54 bits per heavy atom. The van der Waals surface area contributed by atoms with Gasteiger partial charge in [-0.25, -0.2) is 4.39 Å². The molecule has 2 rings (SSSR count). The van der Waals surface area contributed by atoms with Crippen LogP contribution < -0.4 is 8.92 Å². The number of halogens is 4. The van der Waals surface area contributed by atoms with Crippen molar-refractivity contribution in [3.63, 3.8) is 0 Å².